The third-order valence-corrected chi connectivity index (χ3v) is 13.4. The van der Waals surface area contributed by atoms with Crippen molar-refractivity contribution in [1.82, 2.24) is 10.6 Å². The molecule has 322 valence electrons. The predicted octanol–water partition coefficient (Wildman–Crippen LogP) is 4.25. The van der Waals surface area contributed by atoms with Gasteiger partial charge in [-0.25, -0.2) is 14.4 Å². The van der Waals surface area contributed by atoms with E-state index in [9.17, 15) is 34.2 Å². The first-order valence-electron chi connectivity index (χ1n) is 20.3. The number of ketones is 1. The Morgan fingerprint density at radius 3 is 2.13 bits per heavy atom. The van der Waals surface area contributed by atoms with Crippen LogP contribution in [0, 0.1) is 28.6 Å². The van der Waals surface area contributed by atoms with Crippen LogP contribution < -0.4 is 10.6 Å². The number of hydrogen-bond acceptors (Lipinski definition) is 13. The maximum Gasteiger partial charge on any atom is 0.342 e. The van der Waals surface area contributed by atoms with Gasteiger partial charge in [0.05, 0.1) is 24.1 Å². The highest BCUT2D eigenvalue weighted by atomic mass is 16.6. The van der Waals surface area contributed by atoms with E-state index in [1.807, 2.05) is 0 Å². The van der Waals surface area contributed by atoms with Crippen molar-refractivity contribution in [3.63, 3.8) is 0 Å². The smallest absolute Gasteiger partial charge is 0.342 e. The van der Waals surface area contributed by atoms with Crippen molar-refractivity contribution in [2.24, 2.45) is 28.6 Å². The molecule has 4 aliphatic carbocycles. The maximum absolute atomic E-state index is 15.5. The van der Waals surface area contributed by atoms with E-state index in [0.29, 0.717) is 12.0 Å². The molecule has 0 aromatic heterocycles. The Balaban J connectivity index is 1.37. The number of esters is 4. The van der Waals surface area contributed by atoms with Crippen LogP contribution in [0.5, 0.6) is 0 Å². The third kappa shape index (κ3) is 7.07. The number of aliphatic hydroxyl groups is 2. The number of aliphatic hydroxyl groups excluding tert-OH is 1. The summed E-state index contributed by atoms with van der Waals surface area (Å²) < 4.78 is 30.6. The molecule has 0 radical (unpaired) electrons. The molecule has 15 nitrogen and oxygen atoms in total. The van der Waals surface area contributed by atoms with Gasteiger partial charge in [0.1, 0.15) is 23.6 Å². The topological polar surface area (TPSA) is 213 Å². The zero-order valence-electron chi connectivity index (χ0n) is 35.1. The van der Waals surface area contributed by atoms with Gasteiger partial charge in [-0.2, -0.15) is 0 Å². The quantitative estimate of drug-likeness (QED) is 0.206. The van der Waals surface area contributed by atoms with Gasteiger partial charge in [-0.15, -0.1) is 0 Å². The van der Waals surface area contributed by atoms with E-state index < -0.39 is 112 Å². The second kappa shape index (κ2) is 15.1. The molecule has 2 aromatic carbocycles. The highest BCUT2D eigenvalue weighted by Crippen LogP contribution is 2.75. The number of carbonyl (C=O) groups excluding carboxylic acids is 6. The normalized spacial score (nSPS) is 33.3. The first-order valence-corrected chi connectivity index (χ1v) is 20.3. The molecule has 4 N–H and O–H groups in total. The lowest BCUT2D eigenvalue weighted by Crippen LogP contribution is -2.78. The minimum absolute atomic E-state index is 0.147. The van der Waals surface area contributed by atoms with Crippen LogP contribution in [-0.4, -0.2) is 93.7 Å². The van der Waals surface area contributed by atoms with Crippen LogP contribution in [0.2, 0.25) is 0 Å². The van der Waals surface area contributed by atoms with Crippen LogP contribution in [-0.2, 0) is 42.9 Å². The van der Waals surface area contributed by atoms with E-state index in [1.54, 1.807) is 90.1 Å². The lowest BCUT2D eigenvalue weighted by Gasteiger charge is -2.64. The Morgan fingerprint density at radius 2 is 1.57 bits per heavy atom. The van der Waals surface area contributed by atoms with E-state index >= 15 is 4.79 Å². The lowest BCUT2D eigenvalue weighted by molar-refractivity contribution is -0.326. The molecule has 3 saturated carbocycles. The number of amides is 2. The Bertz CT molecular complexity index is 2110. The molecule has 1 saturated heterocycles. The summed E-state index contributed by atoms with van der Waals surface area (Å²) in [4.78, 5) is 83.0. The average Bonchev–Trinajstić information content (AvgIpc) is 3.90. The fourth-order valence-corrected chi connectivity index (χ4v) is 10.6. The Kier molecular flexibility index (Phi) is 10.8. The van der Waals surface area contributed by atoms with Crippen LogP contribution in [0.4, 0.5) is 4.79 Å². The van der Waals surface area contributed by atoms with E-state index in [0.717, 1.165) is 6.92 Å². The molecule has 1 spiro atoms. The number of rotatable bonds is 9. The summed E-state index contributed by atoms with van der Waals surface area (Å²) in [6.07, 6.45) is -5.76. The molecule has 2 amide bonds. The third-order valence-electron chi connectivity index (χ3n) is 13.4. The Labute approximate surface area is 348 Å². The Morgan fingerprint density at radius 1 is 0.933 bits per heavy atom. The van der Waals surface area contributed by atoms with Gasteiger partial charge in [0.25, 0.3) is 0 Å². The molecule has 5 aliphatic rings. The van der Waals surface area contributed by atoms with Crippen molar-refractivity contribution in [2.75, 3.05) is 6.61 Å². The fraction of sp³-hybridized carbons (Fsp3) is 0.556. The number of nitrogens with one attached hydrogen (secondary N) is 2. The standard InChI is InChI=1S/C45H54N2O13/c1-23-29(58-39(53)33(50)32(26-15-11-9-12-16-26)46-40(54)47-41(4,5)6)21-45(55)37(59-38(52)27-17-13-10-14-18-27)35-43(36(51)34(57-24(2)48)31(23)42(45,7)8)20-28(43)19-30-44(35,22-56-30)60-25(3)49/h9-18,28,30-35,37,50,55H,19-22H2,1-8H3,(H2,46,47,54)/t28-,30?,31?,32+,33-,34-,35?,37+,43-,44+,45-/m1/s1. The molecule has 4 fully saturated rings. The molecule has 2 aromatic rings. The number of ether oxygens (including phenoxy) is 5. The molecular formula is C45H54N2O13. The fourth-order valence-electron chi connectivity index (χ4n) is 10.6. The summed E-state index contributed by atoms with van der Waals surface area (Å²) in [6, 6.07) is 14.4. The van der Waals surface area contributed by atoms with Crippen molar-refractivity contribution in [1.29, 1.82) is 0 Å². The van der Waals surface area contributed by atoms with Crippen LogP contribution in [0.25, 0.3) is 0 Å². The van der Waals surface area contributed by atoms with Gasteiger partial charge in [0, 0.05) is 42.6 Å². The molecule has 7 rings (SSSR count). The number of fused-ring (bicyclic) bond motifs is 4. The van der Waals surface area contributed by atoms with E-state index in [4.69, 9.17) is 23.7 Å². The largest absolute Gasteiger partial charge is 0.455 e. The zero-order valence-corrected chi connectivity index (χ0v) is 35.1. The minimum Gasteiger partial charge on any atom is -0.455 e. The summed E-state index contributed by atoms with van der Waals surface area (Å²) in [5, 5.41) is 30.8. The second-order valence-electron chi connectivity index (χ2n) is 18.6. The van der Waals surface area contributed by atoms with Crippen molar-refractivity contribution in [3.8, 4) is 0 Å². The van der Waals surface area contributed by atoms with Gasteiger partial charge < -0.3 is 44.5 Å². The number of hydrogen-bond donors (Lipinski definition) is 4. The van der Waals surface area contributed by atoms with E-state index in [-0.39, 0.29) is 35.8 Å². The first-order chi connectivity index (χ1) is 28.1. The zero-order chi connectivity index (χ0) is 43.7. The second-order valence-corrected chi connectivity index (χ2v) is 18.6. The summed E-state index contributed by atoms with van der Waals surface area (Å²) in [5.41, 5.74) is -6.51. The number of Topliss-reactive ketones (excluding diaryl/α,β-unsaturated/α-hetero) is 1. The lowest BCUT2D eigenvalue weighted by atomic mass is 9.47. The van der Waals surface area contributed by atoms with Crippen molar-refractivity contribution in [2.45, 2.75) is 122 Å². The molecule has 1 aliphatic heterocycles. The van der Waals surface area contributed by atoms with Gasteiger partial charge in [0.2, 0.25) is 0 Å². The van der Waals surface area contributed by atoms with E-state index in [2.05, 4.69) is 10.6 Å². The van der Waals surface area contributed by atoms with Gasteiger partial charge >= 0.3 is 29.9 Å². The predicted molar refractivity (Wildman–Crippen MR) is 211 cm³/mol. The summed E-state index contributed by atoms with van der Waals surface area (Å²) >= 11 is 0. The highest BCUT2D eigenvalue weighted by molar-refractivity contribution is 5.96. The number of benzene rings is 2. The van der Waals surface area contributed by atoms with Gasteiger partial charge in [-0.05, 0) is 69.7 Å². The van der Waals surface area contributed by atoms with Gasteiger partial charge in [0.15, 0.2) is 23.6 Å². The first kappa shape index (κ1) is 43.0. The monoisotopic (exact) mass is 830 g/mol. The summed E-state index contributed by atoms with van der Waals surface area (Å²) in [7, 11) is 0. The number of carbonyl (C=O) groups is 6. The van der Waals surface area contributed by atoms with E-state index in [1.165, 1.54) is 19.1 Å². The van der Waals surface area contributed by atoms with Crippen LogP contribution in [0.3, 0.4) is 0 Å². The average molecular weight is 831 g/mol. The molecule has 15 heteroatoms. The van der Waals surface area contributed by atoms with Gasteiger partial charge in [-0.3, -0.25) is 14.4 Å². The molecule has 2 bridgehead atoms. The minimum atomic E-state index is -2.24. The van der Waals surface area contributed by atoms with Gasteiger partial charge in [-0.1, -0.05) is 62.4 Å². The summed E-state index contributed by atoms with van der Waals surface area (Å²) in [6.45, 7) is 12.4. The van der Waals surface area contributed by atoms with Crippen molar-refractivity contribution >= 4 is 35.7 Å². The number of urea groups is 1. The van der Waals surface area contributed by atoms with Crippen molar-refractivity contribution < 1.29 is 62.7 Å². The molecule has 60 heavy (non-hydrogen) atoms. The van der Waals surface area contributed by atoms with Crippen LogP contribution in [0.15, 0.2) is 72.0 Å². The highest BCUT2D eigenvalue weighted by Gasteiger charge is 2.84. The molecule has 1 heterocycles. The van der Waals surface area contributed by atoms with Crippen LogP contribution in [0.1, 0.15) is 96.6 Å². The SMILES string of the molecule is CC(=O)O[C@H]1C(=O)[C@]23C[C@H]2CC2OC[C@@]2(OC(C)=O)C3[C@H](OC(=O)c2ccccc2)[C@]2(O)CC(OC(=O)[C@H](O)[C@@H](NC(=O)NC(C)(C)C)c3ccccc3)=C(C)C1C2(C)C. The van der Waals surface area contributed by atoms with Crippen LogP contribution >= 0.6 is 0 Å². The Hall–Kier alpha value is -5.12. The summed E-state index contributed by atoms with van der Waals surface area (Å²) in [5.74, 6) is -6.91. The molecule has 3 unspecified atom stereocenters. The molecular weight excluding hydrogens is 776 g/mol. The molecule has 11 atom stereocenters. The van der Waals surface area contributed by atoms with Crippen molar-refractivity contribution in [3.05, 3.63) is 83.1 Å². The maximum atomic E-state index is 15.5.